The Morgan fingerprint density at radius 3 is 2.56 bits per heavy atom. The van der Waals surface area contributed by atoms with Gasteiger partial charge in [0.15, 0.2) is 0 Å². The lowest BCUT2D eigenvalue weighted by Crippen LogP contribution is -2.24. The Labute approximate surface area is 161 Å². The predicted molar refractivity (Wildman–Crippen MR) is 107 cm³/mol. The van der Waals surface area contributed by atoms with E-state index in [1.165, 1.54) is 12.1 Å². The lowest BCUT2D eigenvalue weighted by molar-refractivity contribution is 0.0952. The van der Waals surface area contributed by atoms with Crippen LogP contribution in [0.15, 0.2) is 53.4 Å². The molecule has 0 radical (unpaired) electrons. The van der Waals surface area contributed by atoms with Crippen molar-refractivity contribution in [2.24, 2.45) is 0 Å². The number of hydrogen-bond donors (Lipinski definition) is 2. The maximum absolute atomic E-state index is 12.7. The van der Waals surface area contributed by atoms with Gasteiger partial charge in [-0.3, -0.25) is 9.52 Å². The summed E-state index contributed by atoms with van der Waals surface area (Å²) in [5.41, 5.74) is 0.668. The number of para-hydroxylation sites is 2. The predicted octanol–water partition coefficient (Wildman–Crippen LogP) is 3.81. The molecule has 0 saturated heterocycles. The minimum absolute atomic E-state index is 0.0232. The van der Waals surface area contributed by atoms with Crippen molar-refractivity contribution >= 4 is 21.6 Å². The second-order valence-electron chi connectivity index (χ2n) is 6.03. The van der Waals surface area contributed by atoms with Gasteiger partial charge >= 0.3 is 0 Å². The molecule has 0 spiro atoms. The molecule has 2 aromatic rings. The number of amides is 1. The molecule has 0 aliphatic carbocycles. The lowest BCUT2D eigenvalue weighted by Gasteiger charge is -2.13. The Kier molecular flexibility index (Phi) is 7.67. The van der Waals surface area contributed by atoms with Crippen LogP contribution < -0.4 is 14.8 Å². The van der Waals surface area contributed by atoms with Crippen LogP contribution in [0, 0.1) is 0 Å². The Bertz CT molecular complexity index is 866. The van der Waals surface area contributed by atoms with E-state index in [0.29, 0.717) is 30.2 Å². The van der Waals surface area contributed by atoms with Gasteiger partial charge in [-0.15, -0.1) is 0 Å². The van der Waals surface area contributed by atoms with Crippen LogP contribution in [0.4, 0.5) is 5.69 Å². The highest BCUT2D eigenvalue weighted by molar-refractivity contribution is 7.92. The molecule has 2 N–H and O–H groups in total. The number of carbonyl (C=O) groups excluding carboxylic acids is 1. The molecule has 0 unspecified atom stereocenters. The first kappa shape index (κ1) is 20.8. The van der Waals surface area contributed by atoms with E-state index in [-0.39, 0.29) is 10.8 Å². The number of anilines is 1. The number of nitrogens with one attached hydrogen (secondary N) is 2. The third-order valence-electron chi connectivity index (χ3n) is 3.90. The highest BCUT2D eigenvalue weighted by atomic mass is 32.2. The van der Waals surface area contributed by atoms with E-state index in [2.05, 4.69) is 17.0 Å². The molecule has 0 saturated carbocycles. The quantitative estimate of drug-likeness (QED) is 0.604. The minimum atomic E-state index is -3.85. The molecule has 0 aliphatic heterocycles. The Morgan fingerprint density at radius 2 is 1.81 bits per heavy atom. The van der Waals surface area contributed by atoms with Crippen molar-refractivity contribution in [3.05, 3.63) is 54.1 Å². The zero-order chi connectivity index (χ0) is 19.7. The summed E-state index contributed by atoms with van der Waals surface area (Å²) in [6.45, 7) is 4.91. The molecular formula is C20H26N2O4S. The fourth-order valence-electron chi connectivity index (χ4n) is 2.52. The molecule has 0 atom stereocenters. The molecule has 1 amide bonds. The number of rotatable bonds is 10. The van der Waals surface area contributed by atoms with Crippen LogP contribution in [0.3, 0.4) is 0 Å². The number of ether oxygens (including phenoxy) is 1. The van der Waals surface area contributed by atoms with Gasteiger partial charge < -0.3 is 10.1 Å². The summed E-state index contributed by atoms with van der Waals surface area (Å²) in [6.07, 6.45) is 3.01. The van der Waals surface area contributed by atoms with Gasteiger partial charge in [-0.1, -0.05) is 38.0 Å². The molecule has 0 heterocycles. The first-order valence-electron chi connectivity index (χ1n) is 9.10. The molecule has 0 fully saturated rings. The number of carbonyl (C=O) groups is 1. The van der Waals surface area contributed by atoms with Crippen molar-refractivity contribution < 1.29 is 17.9 Å². The molecule has 2 rings (SSSR count). The van der Waals surface area contributed by atoms with Gasteiger partial charge in [0, 0.05) is 12.1 Å². The smallest absolute Gasteiger partial charge is 0.262 e. The average Bonchev–Trinajstić information content (AvgIpc) is 2.67. The van der Waals surface area contributed by atoms with E-state index < -0.39 is 10.0 Å². The number of sulfonamides is 1. The second kappa shape index (κ2) is 9.97. The third kappa shape index (κ3) is 5.99. The largest absolute Gasteiger partial charge is 0.492 e. The van der Waals surface area contributed by atoms with Crippen molar-refractivity contribution in [2.75, 3.05) is 17.9 Å². The van der Waals surface area contributed by atoms with Crippen molar-refractivity contribution in [1.82, 2.24) is 5.32 Å². The molecule has 146 valence electrons. The second-order valence-corrected chi connectivity index (χ2v) is 7.71. The lowest BCUT2D eigenvalue weighted by atomic mass is 10.2. The first-order chi connectivity index (χ1) is 13.0. The van der Waals surface area contributed by atoms with Gasteiger partial charge in [0.05, 0.1) is 17.2 Å². The number of unbranched alkanes of at least 4 members (excludes halogenated alkanes) is 2. The van der Waals surface area contributed by atoms with Gasteiger partial charge in [0.2, 0.25) is 0 Å². The minimum Gasteiger partial charge on any atom is -0.492 e. The van der Waals surface area contributed by atoms with Gasteiger partial charge in [-0.25, -0.2) is 8.42 Å². The summed E-state index contributed by atoms with van der Waals surface area (Å²) in [4.78, 5) is 12.3. The SMILES string of the molecule is CCCCCNC(=O)c1cccc(S(=O)(=O)Nc2ccccc2OCC)c1. The standard InChI is InChI=1S/C20H26N2O4S/c1-3-5-8-14-21-20(23)16-10-9-11-17(15-16)27(24,25)22-18-12-6-7-13-19(18)26-4-2/h6-7,9-13,15,22H,3-5,8,14H2,1-2H3,(H,21,23). The van der Waals surface area contributed by atoms with Gasteiger partial charge in [-0.2, -0.15) is 0 Å². The van der Waals surface area contributed by atoms with Gasteiger partial charge in [0.1, 0.15) is 5.75 Å². The highest BCUT2D eigenvalue weighted by Gasteiger charge is 2.18. The van der Waals surface area contributed by atoms with Crippen LogP contribution in [0.5, 0.6) is 5.75 Å². The number of hydrogen-bond acceptors (Lipinski definition) is 4. The number of benzene rings is 2. The monoisotopic (exact) mass is 390 g/mol. The van der Waals surface area contributed by atoms with Crippen LogP contribution >= 0.6 is 0 Å². The van der Waals surface area contributed by atoms with Crippen LogP contribution in [0.1, 0.15) is 43.5 Å². The van der Waals surface area contributed by atoms with Crippen molar-refractivity contribution in [2.45, 2.75) is 38.0 Å². The zero-order valence-corrected chi connectivity index (χ0v) is 16.5. The van der Waals surface area contributed by atoms with Crippen molar-refractivity contribution in [1.29, 1.82) is 0 Å². The Morgan fingerprint density at radius 1 is 1.04 bits per heavy atom. The maximum Gasteiger partial charge on any atom is 0.262 e. The molecule has 6 nitrogen and oxygen atoms in total. The molecule has 2 aromatic carbocycles. The van der Waals surface area contributed by atoms with E-state index in [4.69, 9.17) is 4.74 Å². The van der Waals surface area contributed by atoms with Gasteiger partial charge in [0.25, 0.3) is 15.9 Å². The summed E-state index contributed by atoms with van der Waals surface area (Å²) < 4.78 is 33.5. The van der Waals surface area contributed by atoms with Crippen molar-refractivity contribution in [3.63, 3.8) is 0 Å². The summed E-state index contributed by atoms with van der Waals surface area (Å²) in [6, 6.07) is 12.8. The fraction of sp³-hybridized carbons (Fsp3) is 0.350. The summed E-state index contributed by atoms with van der Waals surface area (Å²) in [5.74, 6) is 0.172. The molecule has 0 aromatic heterocycles. The Hall–Kier alpha value is -2.54. The molecule has 0 bridgehead atoms. The van der Waals surface area contributed by atoms with E-state index in [9.17, 15) is 13.2 Å². The van der Waals surface area contributed by atoms with E-state index in [1.807, 2.05) is 6.92 Å². The van der Waals surface area contributed by atoms with E-state index in [1.54, 1.807) is 36.4 Å². The van der Waals surface area contributed by atoms with E-state index in [0.717, 1.165) is 19.3 Å². The molecule has 0 aliphatic rings. The summed E-state index contributed by atoms with van der Waals surface area (Å²) in [5, 5.41) is 2.81. The van der Waals surface area contributed by atoms with Crippen LogP contribution in [0.25, 0.3) is 0 Å². The average molecular weight is 391 g/mol. The molecular weight excluding hydrogens is 364 g/mol. The van der Waals surface area contributed by atoms with Crippen molar-refractivity contribution in [3.8, 4) is 5.75 Å². The maximum atomic E-state index is 12.7. The summed E-state index contributed by atoms with van der Waals surface area (Å²) >= 11 is 0. The fourth-order valence-corrected chi connectivity index (χ4v) is 3.64. The van der Waals surface area contributed by atoms with E-state index >= 15 is 0 Å². The molecule has 7 heteroatoms. The van der Waals surface area contributed by atoms with Crippen LogP contribution in [0.2, 0.25) is 0 Å². The third-order valence-corrected chi connectivity index (χ3v) is 5.27. The normalized spacial score (nSPS) is 11.0. The topological polar surface area (TPSA) is 84.5 Å². The first-order valence-corrected chi connectivity index (χ1v) is 10.6. The zero-order valence-electron chi connectivity index (χ0n) is 15.7. The Balaban J connectivity index is 2.16. The van der Waals surface area contributed by atoms with Gasteiger partial charge in [-0.05, 0) is 43.7 Å². The molecule has 27 heavy (non-hydrogen) atoms. The highest BCUT2D eigenvalue weighted by Crippen LogP contribution is 2.26. The summed E-state index contributed by atoms with van der Waals surface area (Å²) in [7, 11) is -3.85. The van der Waals surface area contributed by atoms with Crippen LogP contribution in [-0.2, 0) is 10.0 Å². The van der Waals surface area contributed by atoms with Crippen LogP contribution in [-0.4, -0.2) is 27.5 Å².